The summed E-state index contributed by atoms with van der Waals surface area (Å²) in [6, 6.07) is 7.08. The van der Waals surface area contributed by atoms with Crippen molar-refractivity contribution in [3.8, 4) is 0 Å². The molecule has 160 valence electrons. The summed E-state index contributed by atoms with van der Waals surface area (Å²) < 4.78 is 60.2. The Kier molecular flexibility index (Phi) is 6.10. The Balaban J connectivity index is 1.60. The van der Waals surface area contributed by atoms with Gasteiger partial charge in [-0.3, -0.25) is 4.79 Å². The maximum atomic E-state index is 14.4. The Labute approximate surface area is 177 Å². The van der Waals surface area contributed by atoms with Gasteiger partial charge in [-0.15, -0.1) is 11.8 Å². The molecule has 30 heavy (non-hydrogen) atoms. The number of hydrogen-bond acceptors (Lipinski definition) is 5. The monoisotopic (exact) mass is 454 g/mol. The predicted octanol–water partition coefficient (Wildman–Crippen LogP) is 2.95. The molecule has 1 N–H and O–H groups in total. The summed E-state index contributed by atoms with van der Waals surface area (Å²) in [6.45, 7) is 0.958. The van der Waals surface area contributed by atoms with Crippen molar-refractivity contribution in [3.05, 3.63) is 59.2 Å². The van der Waals surface area contributed by atoms with E-state index in [0.717, 1.165) is 28.8 Å². The second-order valence-electron chi connectivity index (χ2n) is 7.00. The smallest absolute Gasteiger partial charge is 0.254 e. The lowest BCUT2D eigenvalue weighted by atomic mass is 10.0. The van der Waals surface area contributed by atoms with Crippen LogP contribution in [0.15, 0.2) is 46.2 Å². The number of benzene rings is 2. The fourth-order valence-corrected chi connectivity index (χ4v) is 6.07. The van der Waals surface area contributed by atoms with Crippen molar-refractivity contribution in [1.29, 1.82) is 0 Å². The first kappa shape index (κ1) is 21.2. The highest BCUT2D eigenvalue weighted by molar-refractivity contribution is 7.99. The van der Waals surface area contributed by atoms with Gasteiger partial charge < -0.3 is 10.1 Å². The average molecular weight is 455 g/mol. The molecule has 1 fully saturated rings. The lowest BCUT2D eigenvalue weighted by Gasteiger charge is -2.27. The lowest BCUT2D eigenvalue weighted by molar-refractivity contribution is 0.0730. The van der Waals surface area contributed by atoms with Crippen LogP contribution < -0.4 is 5.32 Å². The van der Waals surface area contributed by atoms with Crippen LogP contribution in [0.25, 0.3) is 0 Å². The van der Waals surface area contributed by atoms with Crippen LogP contribution in [0.1, 0.15) is 28.4 Å². The Morgan fingerprint density at radius 2 is 1.90 bits per heavy atom. The molecule has 2 aliphatic heterocycles. The van der Waals surface area contributed by atoms with Crippen molar-refractivity contribution in [2.24, 2.45) is 0 Å². The predicted molar refractivity (Wildman–Crippen MR) is 108 cm³/mol. The molecule has 6 nitrogen and oxygen atoms in total. The molecular weight excluding hydrogens is 434 g/mol. The maximum Gasteiger partial charge on any atom is 0.254 e. The number of sulfonamides is 1. The van der Waals surface area contributed by atoms with Gasteiger partial charge in [0.2, 0.25) is 10.0 Å². The van der Waals surface area contributed by atoms with Crippen LogP contribution in [-0.2, 0) is 14.8 Å². The number of morpholine rings is 1. The van der Waals surface area contributed by atoms with Crippen LogP contribution in [0.5, 0.6) is 0 Å². The average Bonchev–Trinajstić information content (AvgIpc) is 2.75. The first-order valence-corrected chi connectivity index (χ1v) is 11.9. The zero-order chi connectivity index (χ0) is 21.3. The number of amides is 1. The van der Waals surface area contributed by atoms with Gasteiger partial charge in [-0.05, 0) is 48.4 Å². The van der Waals surface area contributed by atoms with E-state index in [1.807, 2.05) is 0 Å². The molecule has 0 bridgehead atoms. The number of nitrogens with one attached hydrogen (secondary N) is 1. The number of rotatable bonds is 4. The highest BCUT2D eigenvalue weighted by Gasteiger charge is 2.29. The van der Waals surface area contributed by atoms with Crippen molar-refractivity contribution in [3.63, 3.8) is 0 Å². The number of halogens is 2. The molecule has 1 saturated heterocycles. The van der Waals surface area contributed by atoms with E-state index in [1.54, 1.807) is 17.8 Å². The molecule has 2 heterocycles. The molecule has 0 aromatic heterocycles. The number of carbonyl (C=O) groups excluding carboxylic acids is 1. The minimum atomic E-state index is -3.87. The number of nitrogens with zero attached hydrogens (tertiary/aromatic N) is 1. The topological polar surface area (TPSA) is 75.7 Å². The molecular formula is C20H20F2N2O4S2. The Morgan fingerprint density at radius 1 is 1.13 bits per heavy atom. The van der Waals surface area contributed by atoms with Gasteiger partial charge in [-0.1, -0.05) is 0 Å². The van der Waals surface area contributed by atoms with Crippen LogP contribution in [0.4, 0.5) is 8.78 Å². The van der Waals surface area contributed by atoms with E-state index in [9.17, 15) is 22.0 Å². The van der Waals surface area contributed by atoms with E-state index in [2.05, 4.69) is 5.32 Å². The van der Waals surface area contributed by atoms with E-state index in [1.165, 1.54) is 16.4 Å². The largest absolute Gasteiger partial charge is 0.379 e. The molecule has 4 rings (SSSR count). The van der Waals surface area contributed by atoms with Crippen LogP contribution in [-0.4, -0.2) is 50.7 Å². The minimum absolute atomic E-state index is 0.151. The summed E-state index contributed by atoms with van der Waals surface area (Å²) in [5.41, 5.74) is 0.276. The van der Waals surface area contributed by atoms with Gasteiger partial charge in [-0.25, -0.2) is 17.2 Å². The van der Waals surface area contributed by atoms with Crippen LogP contribution in [0.2, 0.25) is 0 Å². The van der Waals surface area contributed by atoms with Gasteiger partial charge in [0.25, 0.3) is 5.91 Å². The number of carbonyl (C=O) groups is 1. The second-order valence-corrected chi connectivity index (χ2v) is 10.1. The van der Waals surface area contributed by atoms with Crippen molar-refractivity contribution < 1.29 is 26.7 Å². The normalized spacial score (nSPS) is 19.9. The molecule has 1 amide bonds. The molecule has 0 spiro atoms. The van der Waals surface area contributed by atoms with Gasteiger partial charge in [0.1, 0.15) is 11.6 Å². The maximum absolute atomic E-state index is 14.4. The van der Waals surface area contributed by atoms with Crippen LogP contribution >= 0.6 is 11.8 Å². The van der Waals surface area contributed by atoms with Crippen molar-refractivity contribution in [2.45, 2.75) is 22.3 Å². The molecule has 0 radical (unpaired) electrons. The highest BCUT2D eigenvalue weighted by atomic mass is 32.2. The fraction of sp³-hybridized carbons (Fsp3) is 0.350. The number of hydrogen-bond donors (Lipinski definition) is 1. The summed E-state index contributed by atoms with van der Waals surface area (Å²) in [5, 5.41) is 2.73. The van der Waals surface area contributed by atoms with E-state index >= 15 is 0 Å². The molecule has 1 unspecified atom stereocenters. The summed E-state index contributed by atoms with van der Waals surface area (Å²) in [7, 11) is -3.87. The highest BCUT2D eigenvalue weighted by Crippen LogP contribution is 2.36. The Bertz CT molecular complexity index is 1070. The molecule has 2 aromatic carbocycles. The zero-order valence-electron chi connectivity index (χ0n) is 15.9. The third kappa shape index (κ3) is 4.22. The summed E-state index contributed by atoms with van der Waals surface area (Å²) in [4.78, 5) is 13.5. The van der Waals surface area contributed by atoms with Gasteiger partial charge >= 0.3 is 0 Å². The number of ether oxygens (including phenoxy) is 1. The minimum Gasteiger partial charge on any atom is -0.379 e. The van der Waals surface area contributed by atoms with E-state index in [4.69, 9.17) is 4.74 Å². The first-order valence-electron chi connectivity index (χ1n) is 9.47. The lowest BCUT2D eigenvalue weighted by Crippen LogP contribution is -2.40. The summed E-state index contributed by atoms with van der Waals surface area (Å²) in [5.74, 6) is -1.26. The molecule has 2 aromatic rings. The van der Waals surface area contributed by atoms with Crippen LogP contribution in [0.3, 0.4) is 0 Å². The SMILES string of the molecule is O=C(NC1CCSc2ccc(F)cc21)c1cc(S(=O)(=O)N2CCOCC2)ccc1F. The molecule has 1 atom stereocenters. The van der Waals surface area contributed by atoms with Gasteiger partial charge in [0, 0.05) is 23.7 Å². The first-order chi connectivity index (χ1) is 14.4. The van der Waals surface area contributed by atoms with Crippen LogP contribution in [0, 0.1) is 11.6 Å². The van der Waals surface area contributed by atoms with Gasteiger partial charge in [-0.2, -0.15) is 4.31 Å². The molecule has 0 aliphatic carbocycles. The Morgan fingerprint density at radius 3 is 2.67 bits per heavy atom. The van der Waals surface area contributed by atoms with Crippen molar-refractivity contribution >= 4 is 27.7 Å². The molecule has 2 aliphatic rings. The number of thioether (sulfide) groups is 1. The van der Waals surface area contributed by atoms with E-state index in [0.29, 0.717) is 12.0 Å². The third-order valence-electron chi connectivity index (χ3n) is 5.11. The van der Waals surface area contributed by atoms with Crippen molar-refractivity contribution in [1.82, 2.24) is 9.62 Å². The summed E-state index contributed by atoms with van der Waals surface area (Å²) >= 11 is 1.56. The molecule has 10 heteroatoms. The zero-order valence-corrected chi connectivity index (χ0v) is 17.6. The van der Waals surface area contributed by atoms with Crippen molar-refractivity contribution in [2.75, 3.05) is 32.1 Å². The third-order valence-corrected chi connectivity index (χ3v) is 8.12. The van der Waals surface area contributed by atoms with Gasteiger partial charge in [0.15, 0.2) is 0 Å². The Hall–Kier alpha value is -2.01. The second kappa shape index (κ2) is 8.62. The molecule has 0 saturated carbocycles. The van der Waals surface area contributed by atoms with E-state index in [-0.39, 0.29) is 36.8 Å². The quantitative estimate of drug-likeness (QED) is 0.769. The standard InChI is InChI=1S/C20H20F2N2O4S2/c21-13-1-4-19-16(11-13)18(5-10-29-19)23-20(25)15-12-14(2-3-17(15)22)30(26,27)24-6-8-28-9-7-24/h1-4,11-12,18H,5-10H2,(H,23,25). The van der Waals surface area contributed by atoms with Gasteiger partial charge in [0.05, 0.1) is 29.7 Å². The number of fused-ring (bicyclic) bond motifs is 1. The fourth-order valence-electron chi connectivity index (χ4n) is 3.53. The summed E-state index contributed by atoms with van der Waals surface area (Å²) in [6.07, 6.45) is 0.556. The van der Waals surface area contributed by atoms with E-state index < -0.39 is 33.6 Å².